The smallest absolute Gasteiger partial charge is 0.359 e. The average molecular weight is 518 g/mol. The van der Waals surface area contributed by atoms with Crippen LogP contribution in [-0.4, -0.2) is 50.7 Å². The van der Waals surface area contributed by atoms with Crippen molar-refractivity contribution in [2.75, 3.05) is 23.3 Å². The zero-order valence-corrected chi connectivity index (χ0v) is 21.2. The molecule has 0 unspecified atom stereocenters. The van der Waals surface area contributed by atoms with Crippen molar-refractivity contribution in [2.45, 2.75) is 71.1 Å². The van der Waals surface area contributed by atoms with Crippen LogP contribution in [0.4, 0.5) is 24.8 Å². The maximum Gasteiger partial charge on any atom is 0.419 e. The van der Waals surface area contributed by atoms with E-state index in [0.29, 0.717) is 48.6 Å². The molecular formula is C25H30F3N7O2. The lowest BCUT2D eigenvalue weighted by Crippen LogP contribution is -2.50. The first-order valence-electron chi connectivity index (χ1n) is 12.4. The monoisotopic (exact) mass is 517 g/mol. The molecule has 3 aromatic heterocycles. The van der Waals surface area contributed by atoms with Gasteiger partial charge < -0.3 is 25.0 Å². The second-order valence-electron chi connectivity index (χ2n) is 10.4. The summed E-state index contributed by atoms with van der Waals surface area (Å²) >= 11 is 0. The Morgan fingerprint density at radius 2 is 2.05 bits per heavy atom. The van der Waals surface area contributed by atoms with Crippen LogP contribution in [0, 0.1) is 13.8 Å². The zero-order valence-electron chi connectivity index (χ0n) is 21.2. The van der Waals surface area contributed by atoms with E-state index >= 15 is 0 Å². The van der Waals surface area contributed by atoms with Crippen LogP contribution in [0.25, 0.3) is 11.3 Å². The lowest BCUT2D eigenvalue weighted by molar-refractivity contribution is -0.137. The highest BCUT2D eigenvalue weighted by molar-refractivity contribution is 6.07. The molecule has 1 atom stereocenters. The Bertz CT molecular complexity index is 1300. The molecule has 0 spiro atoms. The van der Waals surface area contributed by atoms with Gasteiger partial charge in [-0.3, -0.25) is 4.79 Å². The van der Waals surface area contributed by atoms with Gasteiger partial charge in [0.25, 0.3) is 5.91 Å². The van der Waals surface area contributed by atoms with Gasteiger partial charge in [0, 0.05) is 42.6 Å². The van der Waals surface area contributed by atoms with Crippen LogP contribution in [-0.2, 0) is 12.6 Å². The summed E-state index contributed by atoms with van der Waals surface area (Å²) in [6.07, 6.45) is 0.301. The van der Waals surface area contributed by atoms with Gasteiger partial charge in [0.05, 0.1) is 5.69 Å². The summed E-state index contributed by atoms with van der Waals surface area (Å²) in [6, 6.07) is -0.00821. The molecule has 37 heavy (non-hydrogen) atoms. The van der Waals surface area contributed by atoms with Gasteiger partial charge in [0.1, 0.15) is 22.6 Å². The molecule has 2 aliphatic rings. The number of aromatic nitrogens is 4. The van der Waals surface area contributed by atoms with Crippen molar-refractivity contribution in [1.82, 2.24) is 25.4 Å². The third kappa shape index (κ3) is 4.81. The summed E-state index contributed by atoms with van der Waals surface area (Å²) in [4.78, 5) is 26.3. The average Bonchev–Trinajstić information content (AvgIpc) is 3.35. The summed E-state index contributed by atoms with van der Waals surface area (Å²) in [5, 5.41) is 10.5. The molecule has 3 aromatic rings. The highest BCUT2D eigenvalue weighted by Crippen LogP contribution is 2.40. The molecule has 0 bridgehead atoms. The molecule has 2 aliphatic heterocycles. The zero-order chi connectivity index (χ0) is 26.5. The van der Waals surface area contributed by atoms with Crippen molar-refractivity contribution in [1.29, 1.82) is 0 Å². The number of carbonyl (C=O) groups excluding carboxylic acids is 1. The number of nitrogens with zero attached hydrogens (tertiary/aromatic N) is 4. The number of rotatable bonds is 4. The molecule has 5 rings (SSSR count). The summed E-state index contributed by atoms with van der Waals surface area (Å²) in [7, 11) is 0. The molecule has 1 saturated heterocycles. The topological polar surface area (TPSA) is 112 Å². The van der Waals surface area contributed by atoms with Crippen molar-refractivity contribution < 1.29 is 22.5 Å². The molecule has 0 aromatic carbocycles. The lowest BCUT2D eigenvalue weighted by atomic mass is 9.91. The van der Waals surface area contributed by atoms with E-state index in [0.717, 1.165) is 19.0 Å². The second kappa shape index (κ2) is 9.16. The number of piperidine rings is 1. The number of fused-ring (bicyclic) bond motifs is 1. The summed E-state index contributed by atoms with van der Waals surface area (Å²) in [5.41, 5.74) is 0.993. The van der Waals surface area contributed by atoms with Gasteiger partial charge >= 0.3 is 6.18 Å². The number of alkyl halides is 3. The SMILES string of the molecule is Cc1noc(C)c1N1CCCc2c(-c3nc(N[C@H]4CCC(C)(C)NC4)ncc3C(F)(F)F)c[nH]c2C1=O. The maximum atomic E-state index is 14.0. The predicted octanol–water partition coefficient (Wildman–Crippen LogP) is 4.63. The molecule has 0 radical (unpaired) electrons. The minimum Gasteiger partial charge on any atom is -0.359 e. The van der Waals surface area contributed by atoms with Gasteiger partial charge in [0.2, 0.25) is 5.95 Å². The van der Waals surface area contributed by atoms with E-state index in [1.165, 1.54) is 6.20 Å². The van der Waals surface area contributed by atoms with Crippen molar-refractivity contribution in [3.8, 4) is 11.3 Å². The first kappa shape index (κ1) is 25.2. The summed E-state index contributed by atoms with van der Waals surface area (Å²) < 4.78 is 47.3. The Labute approximate surface area is 212 Å². The van der Waals surface area contributed by atoms with Gasteiger partial charge in [-0.1, -0.05) is 5.16 Å². The first-order valence-corrected chi connectivity index (χ1v) is 12.4. The van der Waals surface area contributed by atoms with Crippen molar-refractivity contribution in [3.63, 3.8) is 0 Å². The quantitative estimate of drug-likeness (QED) is 0.463. The number of amides is 1. The number of carbonyl (C=O) groups is 1. The molecule has 3 N–H and O–H groups in total. The van der Waals surface area contributed by atoms with Crippen LogP contribution in [0.1, 0.15) is 66.2 Å². The minimum absolute atomic E-state index is 0.00821. The van der Waals surface area contributed by atoms with Crippen molar-refractivity contribution >= 4 is 17.5 Å². The Morgan fingerprint density at radius 3 is 2.70 bits per heavy atom. The van der Waals surface area contributed by atoms with Gasteiger partial charge in [-0.25, -0.2) is 9.97 Å². The van der Waals surface area contributed by atoms with Gasteiger partial charge in [-0.15, -0.1) is 0 Å². The van der Waals surface area contributed by atoms with Crippen molar-refractivity contribution in [2.24, 2.45) is 0 Å². The summed E-state index contributed by atoms with van der Waals surface area (Å²) in [5.74, 6) is 0.291. The molecule has 12 heteroatoms. The minimum atomic E-state index is -4.66. The van der Waals surface area contributed by atoms with Gasteiger partial charge in [0.15, 0.2) is 5.76 Å². The van der Waals surface area contributed by atoms with E-state index in [-0.39, 0.29) is 40.4 Å². The Kier molecular flexibility index (Phi) is 6.25. The lowest BCUT2D eigenvalue weighted by Gasteiger charge is -2.36. The summed E-state index contributed by atoms with van der Waals surface area (Å²) in [6.45, 7) is 8.74. The van der Waals surface area contributed by atoms with Crippen LogP contribution >= 0.6 is 0 Å². The second-order valence-corrected chi connectivity index (χ2v) is 10.4. The highest BCUT2D eigenvalue weighted by Gasteiger charge is 2.38. The molecule has 1 fully saturated rings. The van der Waals surface area contributed by atoms with Crippen LogP contribution in [0.3, 0.4) is 0 Å². The standard InChI is InChI=1S/C25H30F3N7O2/c1-13-21(14(2)37-34-13)35-9-5-6-16-17(11-29-20(16)22(35)36)19-18(25(26,27)28)12-30-23(33-19)32-15-7-8-24(3,4)31-10-15/h11-12,15,29,31H,5-10H2,1-4H3,(H,30,32,33)/t15-/m0/s1. The number of nitrogens with one attached hydrogen (secondary N) is 3. The highest BCUT2D eigenvalue weighted by atomic mass is 19.4. The molecule has 1 amide bonds. The maximum absolute atomic E-state index is 14.0. The van der Waals surface area contributed by atoms with E-state index in [1.807, 2.05) is 0 Å². The van der Waals surface area contributed by atoms with Crippen LogP contribution in [0.15, 0.2) is 16.9 Å². The fourth-order valence-corrected chi connectivity index (χ4v) is 5.14. The van der Waals surface area contributed by atoms with Crippen LogP contribution in [0.5, 0.6) is 0 Å². The van der Waals surface area contributed by atoms with E-state index in [1.54, 1.807) is 18.7 Å². The molecule has 198 valence electrons. The molecule has 9 nitrogen and oxygen atoms in total. The first-order chi connectivity index (χ1) is 17.4. The number of hydrogen-bond acceptors (Lipinski definition) is 7. The fourth-order valence-electron chi connectivity index (χ4n) is 5.14. The Hall–Kier alpha value is -3.41. The van der Waals surface area contributed by atoms with E-state index in [4.69, 9.17) is 4.52 Å². The number of hydrogen-bond donors (Lipinski definition) is 3. The van der Waals surface area contributed by atoms with E-state index < -0.39 is 11.7 Å². The fraction of sp³-hybridized carbons (Fsp3) is 0.520. The van der Waals surface area contributed by atoms with Crippen molar-refractivity contribution in [3.05, 3.63) is 40.7 Å². The Morgan fingerprint density at radius 1 is 1.27 bits per heavy atom. The molecule has 0 saturated carbocycles. The van der Waals surface area contributed by atoms with Crippen LogP contribution in [0.2, 0.25) is 0 Å². The molecule has 0 aliphatic carbocycles. The number of aryl methyl sites for hydroxylation is 2. The number of halogens is 3. The number of anilines is 2. The predicted molar refractivity (Wildman–Crippen MR) is 132 cm³/mol. The normalized spacial score (nSPS) is 20.0. The van der Waals surface area contributed by atoms with Gasteiger partial charge in [-0.2, -0.15) is 13.2 Å². The third-order valence-corrected chi connectivity index (χ3v) is 7.15. The van der Waals surface area contributed by atoms with E-state index in [9.17, 15) is 18.0 Å². The van der Waals surface area contributed by atoms with Crippen LogP contribution < -0.4 is 15.5 Å². The van der Waals surface area contributed by atoms with Gasteiger partial charge in [-0.05, 0) is 58.9 Å². The third-order valence-electron chi connectivity index (χ3n) is 7.15. The number of aromatic amines is 1. The largest absolute Gasteiger partial charge is 0.419 e. The number of H-pyrrole nitrogens is 1. The molecular weight excluding hydrogens is 487 g/mol. The van der Waals surface area contributed by atoms with E-state index in [2.05, 4.69) is 44.6 Å². The Balaban J connectivity index is 1.51. The molecule has 5 heterocycles.